The molecule has 0 unspecified atom stereocenters. The van der Waals surface area contributed by atoms with Crippen LogP contribution in [0, 0.1) is 0 Å². The molecular formula is C14H12INO2S2. The molecule has 20 heavy (non-hydrogen) atoms. The Morgan fingerprint density at radius 2 is 1.65 bits per heavy atom. The van der Waals surface area contributed by atoms with Crippen molar-refractivity contribution in [2.24, 2.45) is 0 Å². The first-order valence-electron chi connectivity index (χ1n) is 5.78. The molecule has 1 N–H and O–H groups in total. The van der Waals surface area contributed by atoms with Crippen LogP contribution in [0.2, 0.25) is 0 Å². The quantitative estimate of drug-likeness (QED) is 0.299. The lowest BCUT2D eigenvalue weighted by Gasteiger charge is -2.06. The standard InChI is InChI=1S/C14H12INO2S2/c15-20-16-13-7-5-12(6-8-13)11-3-1-10(2-4-11)9-18-14(17)19/h1-8,16H,9H2,(H,17,19). The van der Waals surface area contributed by atoms with E-state index < -0.39 is 5.30 Å². The lowest BCUT2D eigenvalue weighted by atomic mass is 10.0. The van der Waals surface area contributed by atoms with Gasteiger partial charge in [0.25, 0.3) is 0 Å². The van der Waals surface area contributed by atoms with E-state index in [-0.39, 0.29) is 6.61 Å². The second-order valence-corrected chi connectivity index (χ2v) is 6.05. The van der Waals surface area contributed by atoms with Gasteiger partial charge in [-0.1, -0.05) is 49.0 Å². The lowest BCUT2D eigenvalue weighted by molar-refractivity contribution is 0.169. The summed E-state index contributed by atoms with van der Waals surface area (Å²) in [6.07, 6.45) is 0. The van der Waals surface area contributed by atoms with Crippen molar-refractivity contribution in [2.75, 3.05) is 4.72 Å². The molecule has 0 aliphatic rings. The molecule has 0 bridgehead atoms. The van der Waals surface area contributed by atoms with Crippen molar-refractivity contribution in [3.63, 3.8) is 0 Å². The molecule has 0 aliphatic heterocycles. The highest BCUT2D eigenvalue weighted by atomic mass is 127. The Balaban J connectivity index is 2.07. The van der Waals surface area contributed by atoms with E-state index in [1.807, 2.05) is 36.4 Å². The molecule has 0 amide bonds. The minimum Gasteiger partial charge on any atom is -0.453 e. The first-order valence-corrected chi connectivity index (χ1v) is 9.58. The van der Waals surface area contributed by atoms with Gasteiger partial charge in [0.1, 0.15) is 6.61 Å². The smallest absolute Gasteiger partial charge is 0.364 e. The molecule has 3 nitrogen and oxygen atoms in total. The molecule has 0 radical (unpaired) electrons. The maximum atomic E-state index is 10.6. The molecule has 6 heteroatoms. The predicted octanol–water partition coefficient (Wildman–Crippen LogP) is 5.33. The molecule has 0 saturated carbocycles. The minimum absolute atomic E-state index is 0.248. The van der Waals surface area contributed by atoms with Gasteiger partial charge in [0.15, 0.2) is 0 Å². The zero-order chi connectivity index (χ0) is 14.4. The fourth-order valence-corrected chi connectivity index (χ4v) is 2.77. The second kappa shape index (κ2) is 7.80. The van der Waals surface area contributed by atoms with E-state index in [2.05, 4.69) is 50.7 Å². The number of hydrogen-bond acceptors (Lipinski definition) is 4. The Kier molecular flexibility index (Phi) is 6.06. The Morgan fingerprint density at radius 3 is 2.15 bits per heavy atom. The molecule has 104 valence electrons. The highest BCUT2D eigenvalue weighted by molar-refractivity contribution is 14.2. The topological polar surface area (TPSA) is 38.3 Å². The maximum Gasteiger partial charge on any atom is 0.364 e. The molecule has 0 heterocycles. The molecular weight excluding hydrogens is 405 g/mol. The monoisotopic (exact) mass is 417 g/mol. The summed E-state index contributed by atoms with van der Waals surface area (Å²) in [7, 11) is 1.54. The fourth-order valence-electron chi connectivity index (χ4n) is 1.71. The van der Waals surface area contributed by atoms with Crippen LogP contribution < -0.4 is 4.72 Å². The third-order valence-electron chi connectivity index (χ3n) is 2.69. The average molecular weight is 417 g/mol. The highest BCUT2D eigenvalue weighted by Gasteiger charge is 2.00. The Bertz CT molecular complexity index is 573. The summed E-state index contributed by atoms with van der Waals surface area (Å²) >= 11 is 5.75. The molecule has 0 aliphatic carbocycles. The third-order valence-corrected chi connectivity index (χ3v) is 3.79. The van der Waals surface area contributed by atoms with Gasteiger partial charge in [0, 0.05) is 36.0 Å². The second-order valence-electron chi connectivity index (χ2n) is 4.01. The van der Waals surface area contributed by atoms with Crippen LogP contribution >= 0.6 is 43.0 Å². The van der Waals surface area contributed by atoms with Crippen LogP contribution in [0.5, 0.6) is 0 Å². The summed E-state index contributed by atoms with van der Waals surface area (Å²) in [5, 5.41) is -0.565. The van der Waals surface area contributed by atoms with Gasteiger partial charge in [-0.15, -0.1) is 0 Å². The van der Waals surface area contributed by atoms with Crippen molar-refractivity contribution in [3.8, 4) is 11.1 Å². The van der Waals surface area contributed by atoms with E-state index in [9.17, 15) is 4.79 Å². The van der Waals surface area contributed by atoms with Gasteiger partial charge in [-0.05, 0) is 28.8 Å². The fraction of sp³-hybridized carbons (Fsp3) is 0.0714. The SMILES string of the molecule is O=C(S)OCc1ccc(-c2ccc(NSI)cc2)cc1. The summed E-state index contributed by atoms with van der Waals surface area (Å²) in [4.78, 5) is 10.6. The summed E-state index contributed by atoms with van der Waals surface area (Å²) in [5.41, 5.74) is 4.28. The number of nitrogens with one attached hydrogen (secondary N) is 1. The van der Waals surface area contributed by atoms with Crippen LogP contribution in [0.15, 0.2) is 48.5 Å². The van der Waals surface area contributed by atoms with Crippen molar-refractivity contribution in [1.82, 2.24) is 0 Å². The molecule has 0 saturated heterocycles. The lowest BCUT2D eigenvalue weighted by Crippen LogP contribution is -1.94. The van der Waals surface area contributed by atoms with Gasteiger partial charge in [-0.2, -0.15) is 0 Å². The normalized spacial score (nSPS) is 10.1. The number of carbonyl (C=O) groups is 1. The first kappa shape index (κ1) is 15.5. The number of anilines is 1. The number of carbonyl (C=O) groups excluding carboxylic acids is 1. The van der Waals surface area contributed by atoms with Crippen molar-refractivity contribution >= 4 is 53.9 Å². The van der Waals surface area contributed by atoms with Crippen LogP contribution in [-0.2, 0) is 11.3 Å². The molecule has 2 rings (SSSR count). The molecule has 2 aromatic rings. The van der Waals surface area contributed by atoms with Crippen LogP contribution in [0.4, 0.5) is 10.5 Å². The Hall–Kier alpha value is -0.860. The van der Waals surface area contributed by atoms with Crippen LogP contribution in [0.1, 0.15) is 5.56 Å². The largest absolute Gasteiger partial charge is 0.453 e. The summed E-state index contributed by atoms with van der Waals surface area (Å²) in [6.45, 7) is 0.248. The van der Waals surface area contributed by atoms with Gasteiger partial charge in [0.05, 0.1) is 0 Å². The average Bonchev–Trinajstić information content (AvgIpc) is 2.47. The zero-order valence-electron chi connectivity index (χ0n) is 10.4. The third kappa shape index (κ3) is 4.60. The van der Waals surface area contributed by atoms with Gasteiger partial charge >= 0.3 is 5.30 Å². The minimum atomic E-state index is -0.565. The van der Waals surface area contributed by atoms with Gasteiger partial charge in [-0.3, -0.25) is 0 Å². The van der Waals surface area contributed by atoms with E-state index in [0.717, 1.165) is 22.4 Å². The van der Waals surface area contributed by atoms with E-state index in [1.165, 1.54) is 9.12 Å². The molecule has 0 spiro atoms. The summed E-state index contributed by atoms with van der Waals surface area (Å²) in [5.74, 6) is 0. The van der Waals surface area contributed by atoms with Crippen molar-refractivity contribution in [1.29, 1.82) is 0 Å². The van der Waals surface area contributed by atoms with Gasteiger partial charge < -0.3 is 9.46 Å². The van der Waals surface area contributed by atoms with Crippen LogP contribution in [-0.4, -0.2) is 5.30 Å². The van der Waals surface area contributed by atoms with Gasteiger partial charge in [0.2, 0.25) is 0 Å². The molecule has 0 aromatic heterocycles. The highest BCUT2D eigenvalue weighted by Crippen LogP contribution is 2.24. The summed E-state index contributed by atoms with van der Waals surface area (Å²) in [6, 6.07) is 16.1. The number of benzene rings is 2. The van der Waals surface area contributed by atoms with Crippen molar-refractivity contribution in [3.05, 3.63) is 54.1 Å². The first-order chi connectivity index (χ1) is 9.69. The Morgan fingerprint density at radius 1 is 1.10 bits per heavy atom. The van der Waals surface area contributed by atoms with E-state index in [4.69, 9.17) is 4.74 Å². The zero-order valence-corrected chi connectivity index (χ0v) is 14.2. The van der Waals surface area contributed by atoms with E-state index in [1.54, 1.807) is 0 Å². The van der Waals surface area contributed by atoms with Crippen molar-refractivity contribution in [2.45, 2.75) is 6.61 Å². The van der Waals surface area contributed by atoms with Crippen LogP contribution in [0.25, 0.3) is 11.1 Å². The van der Waals surface area contributed by atoms with Crippen molar-refractivity contribution < 1.29 is 9.53 Å². The number of ether oxygens (including phenoxy) is 1. The molecule has 0 atom stereocenters. The number of hydrogen-bond donors (Lipinski definition) is 2. The number of rotatable bonds is 5. The summed E-state index contributed by atoms with van der Waals surface area (Å²) < 4.78 is 8.00. The predicted molar refractivity (Wildman–Crippen MR) is 96.3 cm³/mol. The number of halogens is 1. The Labute approximate surface area is 139 Å². The van der Waals surface area contributed by atoms with E-state index >= 15 is 0 Å². The maximum absolute atomic E-state index is 10.6. The molecule has 2 aromatic carbocycles. The number of thiol groups is 1. The van der Waals surface area contributed by atoms with E-state index in [0.29, 0.717) is 0 Å². The van der Waals surface area contributed by atoms with Gasteiger partial charge in [-0.25, -0.2) is 4.79 Å². The molecule has 0 fully saturated rings. The van der Waals surface area contributed by atoms with Crippen LogP contribution in [0.3, 0.4) is 0 Å².